The fourth-order valence-corrected chi connectivity index (χ4v) is 1.47. The number of hydrogen-bond donors (Lipinski definition) is 0. The number of ether oxygens (including phenoxy) is 2. The van der Waals surface area contributed by atoms with E-state index in [0.29, 0.717) is 4.83 Å². The molecule has 0 aromatic rings. The minimum absolute atomic E-state index is 0.220. The first-order valence-corrected chi connectivity index (χ1v) is 5.04. The van der Waals surface area contributed by atoms with E-state index in [-0.39, 0.29) is 6.29 Å². The molecule has 0 saturated carbocycles. The topological polar surface area (TPSA) is 18.5 Å². The van der Waals surface area contributed by atoms with E-state index in [1.807, 2.05) is 6.08 Å². The zero-order valence-electron chi connectivity index (χ0n) is 7.92. The molecular formula is C9H17BrO2. The molecule has 0 aliphatic carbocycles. The van der Waals surface area contributed by atoms with Gasteiger partial charge in [-0.15, -0.1) is 0 Å². The van der Waals surface area contributed by atoms with Crippen LogP contribution in [0.2, 0.25) is 0 Å². The van der Waals surface area contributed by atoms with Crippen molar-refractivity contribution in [3.05, 3.63) is 12.2 Å². The molecule has 0 aromatic heterocycles. The lowest BCUT2D eigenvalue weighted by molar-refractivity contribution is -0.0667. The van der Waals surface area contributed by atoms with Crippen molar-refractivity contribution < 1.29 is 9.47 Å². The Morgan fingerprint density at radius 1 is 1.25 bits per heavy atom. The van der Waals surface area contributed by atoms with Gasteiger partial charge in [-0.05, 0) is 12.5 Å². The van der Waals surface area contributed by atoms with E-state index in [4.69, 9.17) is 9.47 Å². The SMILES string of the molecule is CCCC(Br)C=CC(OC)OC. The second-order valence-corrected chi connectivity index (χ2v) is 3.71. The van der Waals surface area contributed by atoms with Crippen LogP contribution < -0.4 is 0 Å². The van der Waals surface area contributed by atoms with Gasteiger partial charge in [0, 0.05) is 19.0 Å². The van der Waals surface area contributed by atoms with Crippen LogP contribution in [-0.2, 0) is 9.47 Å². The number of hydrogen-bond acceptors (Lipinski definition) is 2. The molecule has 3 heteroatoms. The molecular weight excluding hydrogens is 220 g/mol. The summed E-state index contributed by atoms with van der Waals surface area (Å²) in [6, 6.07) is 0. The van der Waals surface area contributed by atoms with Crippen molar-refractivity contribution >= 4 is 15.9 Å². The van der Waals surface area contributed by atoms with Crippen LogP contribution in [0.4, 0.5) is 0 Å². The molecule has 0 bridgehead atoms. The summed E-state index contributed by atoms with van der Waals surface area (Å²) in [7, 11) is 3.25. The van der Waals surface area contributed by atoms with Gasteiger partial charge in [0.05, 0.1) is 0 Å². The van der Waals surface area contributed by atoms with E-state index in [2.05, 4.69) is 28.9 Å². The van der Waals surface area contributed by atoms with Crippen LogP contribution in [0.5, 0.6) is 0 Å². The first-order valence-electron chi connectivity index (χ1n) is 4.12. The molecule has 1 unspecified atom stereocenters. The molecule has 1 atom stereocenters. The maximum absolute atomic E-state index is 5.00. The van der Waals surface area contributed by atoms with Crippen molar-refractivity contribution in [2.45, 2.75) is 30.9 Å². The zero-order valence-corrected chi connectivity index (χ0v) is 9.50. The van der Waals surface area contributed by atoms with E-state index in [0.717, 1.165) is 6.42 Å². The Balaban J connectivity index is 3.69. The average Bonchev–Trinajstić information content (AvgIpc) is 2.07. The summed E-state index contributed by atoms with van der Waals surface area (Å²) in [6.45, 7) is 2.16. The lowest BCUT2D eigenvalue weighted by Crippen LogP contribution is -2.09. The smallest absolute Gasteiger partial charge is 0.176 e. The summed E-state index contributed by atoms with van der Waals surface area (Å²) < 4.78 is 10.00. The van der Waals surface area contributed by atoms with Gasteiger partial charge in [0.15, 0.2) is 6.29 Å². The Kier molecular flexibility index (Phi) is 7.86. The predicted molar refractivity (Wildman–Crippen MR) is 54.6 cm³/mol. The summed E-state index contributed by atoms with van der Waals surface area (Å²) in [5.41, 5.74) is 0. The summed E-state index contributed by atoms with van der Waals surface area (Å²) in [4.78, 5) is 0.426. The Bertz CT molecular complexity index is 122. The van der Waals surface area contributed by atoms with E-state index in [9.17, 15) is 0 Å². The van der Waals surface area contributed by atoms with Crippen LogP contribution in [0.15, 0.2) is 12.2 Å². The Morgan fingerprint density at radius 2 is 1.83 bits per heavy atom. The molecule has 0 fully saturated rings. The fourth-order valence-electron chi connectivity index (χ4n) is 0.837. The number of rotatable bonds is 6. The van der Waals surface area contributed by atoms with Gasteiger partial charge in [-0.3, -0.25) is 0 Å². The molecule has 0 amide bonds. The molecule has 12 heavy (non-hydrogen) atoms. The Hall–Kier alpha value is 0.140. The summed E-state index contributed by atoms with van der Waals surface area (Å²) in [6.07, 6.45) is 6.06. The van der Waals surface area contributed by atoms with Crippen LogP contribution in [0.1, 0.15) is 19.8 Å². The van der Waals surface area contributed by atoms with Crippen molar-refractivity contribution in [2.24, 2.45) is 0 Å². The largest absolute Gasteiger partial charge is 0.352 e. The van der Waals surface area contributed by atoms with Gasteiger partial charge >= 0.3 is 0 Å². The number of alkyl halides is 1. The van der Waals surface area contributed by atoms with Gasteiger partial charge in [-0.1, -0.05) is 35.4 Å². The van der Waals surface area contributed by atoms with Gasteiger partial charge < -0.3 is 9.47 Å². The van der Waals surface area contributed by atoms with E-state index in [1.165, 1.54) is 6.42 Å². The van der Waals surface area contributed by atoms with E-state index >= 15 is 0 Å². The standard InChI is InChI=1S/C9H17BrO2/c1-4-5-8(10)6-7-9(11-2)12-3/h6-9H,4-5H2,1-3H3. The highest BCUT2D eigenvalue weighted by molar-refractivity contribution is 9.09. The molecule has 0 saturated heterocycles. The number of methoxy groups -OCH3 is 2. The molecule has 0 rings (SSSR count). The molecule has 0 aliphatic rings. The quantitative estimate of drug-likeness (QED) is 0.401. The maximum Gasteiger partial charge on any atom is 0.176 e. The molecule has 2 nitrogen and oxygen atoms in total. The highest BCUT2D eigenvalue weighted by atomic mass is 79.9. The third-order valence-electron chi connectivity index (χ3n) is 1.51. The first-order chi connectivity index (χ1) is 5.74. The number of allylic oxidation sites excluding steroid dienone is 1. The summed E-state index contributed by atoms with van der Waals surface area (Å²) in [5, 5.41) is 0. The third kappa shape index (κ3) is 5.75. The van der Waals surface area contributed by atoms with Crippen LogP contribution >= 0.6 is 15.9 Å². The van der Waals surface area contributed by atoms with Gasteiger partial charge in [0.2, 0.25) is 0 Å². The lowest BCUT2D eigenvalue weighted by Gasteiger charge is -2.08. The van der Waals surface area contributed by atoms with E-state index in [1.54, 1.807) is 14.2 Å². The second-order valence-electron chi connectivity index (χ2n) is 2.53. The Labute approximate surface area is 83.1 Å². The van der Waals surface area contributed by atoms with Crippen molar-refractivity contribution in [2.75, 3.05) is 14.2 Å². The normalized spacial score (nSPS) is 14.4. The van der Waals surface area contributed by atoms with Crippen molar-refractivity contribution in [1.29, 1.82) is 0 Å². The van der Waals surface area contributed by atoms with Gasteiger partial charge in [0.25, 0.3) is 0 Å². The lowest BCUT2D eigenvalue weighted by atomic mass is 10.2. The fraction of sp³-hybridized carbons (Fsp3) is 0.778. The second kappa shape index (κ2) is 7.77. The summed E-state index contributed by atoms with van der Waals surface area (Å²) in [5.74, 6) is 0. The molecule has 0 aromatic carbocycles. The molecule has 0 heterocycles. The van der Waals surface area contributed by atoms with Crippen LogP contribution in [-0.4, -0.2) is 25.3 Å². The third-order valence-corrected chi connectivity index (χ3v) is 2.27. The minimum Gasteiger partial charge on any atom is -0.352 e. The zero-order chi connectivity index (χ0) is 9.40. The molecule has 0 aliphatic heterocycles. The highest BCUT2D eigenvalue weighted by Gasteiger charge is 2.00. The van der Waals surface area contributed by atoms with Crippen LogP contribution in [0, 0.1) is 0 Å². The summed E-state index contributed by atoms with van der Waals surface area (Å²) >= 11 is 3.53. The highest BCUT2D eigenvalue weighted by Crippen LogP contribution is 2.09. The molecule has 0 spiro atoms. The number of halogens is 1. The molecule has 0 N–H and O–H groups in total. The average molecular weight is 237 g/mol. The van der Waals surface area contributed by atoms with Crippen LogP contribution in [0.3, 0.4) is 0 Å². The maximum atomic E-state index is 5.00. The van der Waals surface area contributed by atoms with Crippen LogP contribution in [0.25, 0.3) is 0 Å². The molecule has 0 radical (unpaired) electrons. The molecule has 72 valence electrons. The van der Waals surface area contributed by atoms with Gasteiger partial charge in [-0.2, -0.15) is 0 Å². The minimum atomic E-state index is -0.220. The first kappa shape index (κ1) is 12.1. The van der Waals surface area contributed by atoms with Crippen molar-refractivity contribution in [1.82, 2.24) is 0 Å². The van der Waals surface area contributed by atoms with Crippen molar-refractivity contribution in [3.8, 4) is 0 Å². The monoisotopic (exact) mass is 236 g/mol. The van der Waals surface area contributed by atoms with Crippen molar-refractivity contribution in [3.63, 3.8) is 0 Å². The van der Waals surface area contributed by atoms with Gasteiger partial charge in [0.1, 0.15) is 0 Å². The Morgan fingerprint density at radius 3 is 2.25 bits per heavy atom. The van der Waals surface area contributed by atoms with Gasteiger partial charge in [-0.25, -0.2) is 0 Å². The predicted octanol–water partition coefficient (Wildman–Crippen LogP) is 2.73. The van der Waals surface area contributed by atoms with E-state index < -0.39 is 0 Å².